The number of hydrogen-bond donors (Lipinski definition) is 2. The van der Waals surface area contributed by atoms with Gasteiger partial charge in [-0.1, -0.05) is 18.2 Å². The summed E-state index contributed by atoms with van der Waals surface area (Å²) >= 11 is 1.68. The number of likely N-dealkylation sites (tertiary alicyclic amines) is 1. The molecule has 0 spiro atoms. The first-order valence-electron chi connectivity index (χ1n) is 11.3. The predicted octanol–water partition coefficient (Wildman–Crippen LogP) is 3.05. The molecule has 0 saturated carbocycles. The number of nitrogens with zero attached hydrogens (tertiary/aromatic N) is 5. The van der Waals surface area contributed by atoms with Crippen LogP contribution in [-0.4, -0.2) is 45.2 Å². The maximum atomic E-state index is 12.6. The van der Waals surface area contributed by atoms with Crippen molar-refractivity contribution in [2.24, 2.45) is 5.92 Å². The van der Waals surface area contributed by atoms with Crippen molar-refractivity contribution in [3.05, 3.63) is 57.7 Å². The van der Waals surface area contributed by atoms with E-state index in [0.717, 1.165) is 48.9 Å². The number of rotatable bonds is 8. The van der Waals surface area contributed by atoms with Gasteiger partial charge in [0, 0.05) is 24.4 Å². The molecule has 0 unspecified atom stereocenters. The zero-order valence-electron chi connectivity index (χ0n) is 18.8. The number of thiazole rings is 1. The third kappa shape index (κ3) is 5.59. The fourth-order valence-corrected chi connectivity index (χ4v) is 4.82. The Balaban J connectivity index is 1.23. The summed E-state index contributed by atoms with van der Waals surface area (Å²) in [5, 5.41) is 20.3. The van der Waals surface area contributed by atoms with Crippen LogP contribution in [0.3, 0.4) is 0 Å². The van der Waals surface area contributed by atoms with Gasteiger partial charge in [0.2, 0.25) is 5.91 Å². The number of hydrogen-bond acceptors (Lipinski definition) is 7. The zero-order chi connectivity index (χ0) is 23.2. The van der Waals surface area contributed by atoms with Crippen LogP contribution in [0.4, 0.5) is 5.82 Å². The van der Waals surface area contributed by atoms with Crippen LogP contribution < -0.4 is 11.1 Å². The first-order valence-corrected chi connectivity index (χ1v) is 12.2. The molecule has 3 aromatic rings. The lowest BCUT2D eigenvalue weighted by Gasteiger charge is -2.30. The second-order valence-electron chi connectivity index (χ2n) is 8.37. The van der Waals surface area contributed by atoms with Crippen LogP contribution in [0.25, 0.3) is 5.69 Å². The summed E-state index contributed by atoms with van der Waals surface area (Å²) in [5.74, 6) is 0.525. The van der Waals surface area contributed by atoms with Crippen LogP contribution in [0.2, 0.25) is 0 Å². The lowest BCUT2D eigenvalue weighted by molar-refractivity contribution is -0.126. The number of aryl methyl sites for hydroxylation is 2. The normalized spacial score (nSPS) is 14.8. The molecule has 3 N–H and O–H groups in total. The van der Waals surface area contributed by atoms with Crippen molar-refractivity contribution in [1.82, 2.24) is 25.0 Å². The van der Waals surface area contributed by atoms with Gasteiger partial charge >= 0.3 is 0 Å². The minimum absolute atomic E-state index is 0.0565. The van der Waals surface area contributed by atoms with Gasteiger partial charge in [0.05, 0.1) is 22.1 Å². The number of nitriles is 1. The number of anilines is 1. The molecular formula is C24H29N7OS. The third-order valence-corrected chi connectivity index (χ3v) is 6.83. The molecule has 0 bridgehead atoms. The van der Waals surface area contributed by atoms with Gasteiger partial charge in [-0.2, -0.15) is 10.4 Å². The van der Waals surface area contributed by atoms with E-state index in [1.807, 2.05) is 37.3 Å². The van der Waals surface area contributed by atoms with Gasteiger partial charge in [0.15, 0.2) is 0 Å². The summed E-state index contributed by atoms with van der Waals surface area (Å²) < 4.78 is 1.60. The first-order chi connectivity index (χ1) is 16.0. The number of nitrogens with one attached hydrogen (secondary N) is 1. The van der Waals surface area contributed by atoms with Crippen molar-refractivity contribution in [3.63, 3.8) is 0 Å². The fourth-order valence-electron chi connectivity index (χ4n) is 4.22. The van der Waals surface area contributed by atoms with E-state index in [1.165, 1.54) is 0 Å². The number of carbonyl (C=O) groups is 1. The lowest BCUT2D eigenvalue weighted by atomic mass is 9.96. The predicted molar refractivity (Wildman–Crippen MR) is 129 cm³/mol. The highest BCUT2D eigenvalue weighted by molar-refractivity contribution is 7.09. The number of aromatic nitrogens is 3. The van der Waals surface area contributed by atoms with E-state index in [0.29, 0.717) is 36.5 Å². The zero-order valence-corrected chi connectivity index (χ0v) is 19.6. The van der Waals surface area contributed by atoms with Crippen molar-refractivity contribution in [3.8, 4) is 11.8 Å². The largest absolute Gasteiger partial charge is 0.382 e. The van der Waals surface area contributed by atoms with Crippen LogP contribution in [0.15, 0.2) is 35.7 Å². The van der Waals surface area contributed by atoms with E-state index >= 15 is 0 Å². The first kappa shape index (κ1) is 23.0. The minimum atomic E-state index is 0.0565. The summed E-state index contributed by atoms with van der Waals surface area (Å²) in [6.07, 6.45) is 3.02. The highest BCUT2D eigenvalue weighted by Crippen LogP contribution is 2.22. The van der Waals surface area contributed by atoms with Crippen molar-refractivity contribution >= 4 is 23.1 Å². The average Bonchev–Trinajstić information content (AvgIpc) is 3.39. The van der Waals surface area contributed by atoms with Gasteiger partial charge in [0.1, 0.15) is 17.5 Å². The standard InChI is InChI=1S/C24H29N7OS/c1-17-28-19(16-33-17)15-30-12-9-18(10-13-30)24(32)27-11-5-8-22-21(14-25)23(26)31(29-22)20-6-3-2-4-7-20/h2-4,6-7,16,18H,5,8-13,15,26H2,1H3,(H,27,32). The molecule has 1 aliphatic heterocycles. The van der Waals surface area contributed by atoms with Crippen molar-refractivity contribution in [2.75, 3.05) is 25.4 Å². The molecule has 0 atom stereocenters. The number of nitrogens with two attached hydrogens (primary N) is 1. The quantitative estimate of drug-likeness (QED) is 0.497. The second-order valence-corrected chi connectivity index (χ2v) is 9.43. The third-order valence-electron chi connectivity index (χ3n) is 6.01. The molecule has 0 radical (unpaired) electrons. The molecule has 2 aromatic heterocycles. The van der Waals surface area contributed by atoms with Gasteiger partial charge in [-0.25, -0.2) is 9.67 Å². The molecule has 172 valence electrons. The molecular weight excluding hydrogens is 434 g/mol. The monoisotopic (exact) mass is 463 g/mol. The van der Waals surface area contributed by atoms with Crippen molar-refractivity contribution < 1.29 is 4.79 Å². The molecule has 3 heterocycles. The van der Waals surface area contributed by atoms with E-state index in [1.54, 1.807) is 16.0 Å². The van der Waals surface area contributed by atoms with Crippen LogP contribution in [-0.2, 0) is 17.8 Å². The summed E-state index contributed by atoms with van der Waals surface area (Å²) in [7, 11) is 0. The van der Waals surface area contributed by atoms with Crippen LogP contribution in [0.5, 0.6) is 0 Å². The maximum absolute atomic E-state index is 12.6. The van der Waals surface area contributed by atoms with E-state index in [9.17, 15) is 10.1 Å². The van der Waals surface area contributed by atoms with Gasteiger partial charge in [-0.15, -0.1) is 11.3 Å². The molecule has 8 nitrogen and oxygen atoms in total. The molecule has 1 saturated heterocycles. The Labute approximate surface area is 198 Å². The highest BCUT2D eigenvalue weighted by atomic mass is 32.1. The maximum Gasteiger partial charge on any atom is 0.223 e. The molecule has 1 amide bonds. The fraction of sp³-hybridized carbons (Fsp3) is 0.417. The van der Waals surface area contributed by atoms with E-state index in [-0.39, 0.29) is 11.8 Å². The van der Waals surface area contributed by atoms with Gasteiger partial charge in [-0.05, 0) is 57.8 Å². The Kier molecular flexibility index (Phi) is 7.37. The number of benzene rings is 1. The minimum Gasteiger partial charge on any atom is -0.382 e. The summed E-state index contributed by atoms with van der Waals surface area (Å²) in [5.41, 5.74) is 9.17. The topological polar surface area (TPSA) is 113 Å². The van der Waals surface area contributed by atoms with Gasteiger partial charge in [0.25, 0.3) is 0 Å². The smallest absolute Gasteiger partial charge is 0.223 e. The molecule has 1 aliphatic rings. The Hall–Kier alpha value is -3.22. The number of nitrogen functional groups attached to an aromatic ring is 1. The molecule has 4 rings (SSSR count). The van der Waals surface area contributed by atoms with E-state index in [2.05, 4.69) is 31.7 Å². The van der Waals surface area contributed by atoms with Crippen LogP contribution in [0, 0.1) is 24.2 Å². The van der Waals surface area contributed by atoms with Gasteiger partial charge in [-0.3, -0.25) is 9.69 Å². The Bertz CT molecular complexity index is 1120. The molecule has 0 aliphatic carbocycles. The SMILES string of the molecule is Cc1nc(CN2CCC(C(=O)NCCCc3nn(-c4ccccc4)c(N)c3C#N)CC2)cs1. The van der Waals surface area contributed by atoms with Gasteiger partial charge < -0.3 is 11.1 Å². The van der Waals surface area contributed by atoms with Crippen molar-refractivity contribution in [1.29, 1.82) is 5.26 Å². The van der Waals surface area contributed by atoms with E-state index < -0.39 is 0 Å². The second kappa shape index (κ2) is 10.6. The highest BCUT2D eigenvalue weighted by Gasteiger charge is 2.25. The Morgan fingerprint density at radius 2 is 2.06 bits per heavy atom. The number of carbonyl (C=O) groups excluding carboxylic acids is 1. The van der Waals surface area contributed by atoms with Crippen LogP contribution in [0.1, 0.15) is 41.2 Å². The molecule has 9 heteroatoms. The molecule has 1 aromatic carbocycles. The van der Waals surface area contributed by atoms with E-state index in [4.69, 9.17) is 5.73 Å². The summed E-state index contributed by atoms with van der Waals surface area (Å²) in [6, 6.07) is 11.7. The molecule has 1 fully saturated rings. The Morgan fingerprint density at radius 1 is 1.30 bits per heavy atom. The number of amides is 1. The van der Waals surface area contributed by atoms with Crippen molar-refractivity contribution in [2.45, 2.75) is 39.2 Å². The summed E-state index contributed by atoms with van der Waals surface area (Å²) in [4.78, 5) is 19.5. The molecule has 33 heavy (non-hydrogen) atoms. The number of piperidine rings is 1. The number of para-hydroxylation sites is 1. The Morgan fingerprint density at radius 3 is 2.73 bits per heavy atom. The average molecular weight is 464 g/mol. The lowest BCUT2D eigenvalue weighted by Crippen LogP contribution is -2.40. The summed E-state index contributed by atoms with van der Waals surface area (Å²) in [6.45, 7) is 5.27. The van der Waals surface area contributed by atoms with Crippen LogP contribution >= 0.6 is 11.3 Å².